The third-order valence-electron chi connectivity index (χ3n) is 3.29. The molecule has 2 aromatic carbocycles. The predicted molar refractivity (Wildman–Crippen MR) is 73.1 cm³/mol. The molecular formula is C16H16F2O2. The van der Waals surface area contributed by atoms with E-state index in [2.05, 4.69) is 0 Å². The predicted octanol–water partition coefficient (Wildman–Crippen LogP) is 3.44. The fourth-order valence-corrected chi connectivity index (χ4v) is 2.17. The lowest BCUT2D eigenvalue weighted by atomic mass is 9.95. The van der Waals surface area contributed by atoms with E-state index in [-0.39, 0.29) is 12.3 Å². The van der Waals surface area contributed by atoms with Crippen molar-refractivity contribution in [2.45, 2.75) is 25.6 Å². The summed E-state index contributed by atoms with van der Waals surface area (Å²) in [5, 5.41) is 17.9. The fraction of sp³-hybridized carbons (Fsp3) is 0.250. The number of benzene rings is 2. The van der Waals surface area contributed by atoms with Crippen LogP contribution in [-0.2, 0) is 0 Å². The number of hydrogen-bond acceptors (Lipinski definition) is 2. The van der Waals surface area contributed by atoms with Crippen LogP contribution in [0.2, 0.25) is 0 Å². The van der Waals surface area contributed by atoms with Crippen molar-refractivity contribution in [1.82, 2.24) is 0 Å². The Morgan fingerprint density at radius 2 is 1.65 bits per heavy atom. The van der Waals surface area contributed by atoms with Crippen LogP contribution in [-0.4, -0.2) is 16.5 Å². The van der Waals surface area contributed by atoms with Gasteiger partial charge >= 0.3 is 0 Å². The Kier molecular flexibility index (Phi) is 4.47. The monoisotopic (exact) mass is 278 g/mol. The van der Waals surface area contributed by atoms with Crippen LogP contribution in [0.1, 0.15) is 24.8 Å². The van der Waals surface area contributed by atoms with Crippen LogP contribution in [0.3, 0.4) is 0 Å². The van der Waals surface area contributed by atoms with Crippen LogP contribution >= 0.6 is 0 Å². The Labute approximate surface area is 116 Å². The summed E-state index contributed by atoms with van der Waals surface area (Å²) < 4.78 is 26.5. The minimum Gasteiger partial charge on any atom is -0.368 e. The third-order valence-corrected chi connectivity index (χ3v) is 3.29. The maximum absolute atomic E-state index is 13.7. The molecule has 20 heavy (non-hydrogen) atoms. The summed E-state index contributed by atoms with van der Waals surface area (Å²) in [6, 6.07) is 10.6. The van der Waals surface area contributed by atoms with E-state index in [1.165, 1.54) is 12.1 Å². The highest BCUT2D eigenvalue weighted by Gasteiger charge is 2.11. The van der Waals surface area contributed by atoms with Crippen molar-refractivity contribution in [2.24, 2.45) is 0 Å². The largest absolute Gasteiger partial charge is 0.368 e. The third kappa shape index (κ3) is 3.40. The molecule has 2 rings (SSSR count). The van der Waals surface area contributed by atoms with Gasteiger partial charge in [0, 0.05) is 18.1 Å². The van der Waals surface area contributed by atoms with Gasteiger partial charge in [-0.15, -0.1) is 0 Å². The standard InChI is InChI=1S/C16H16F2O2/c1-10(8-16(19)20)11-2-4-12(5-3-11)14-7-6-13(17)9-15(14)18/h2-7,9-10,16,19-20H,8H2,1H3. The van der Waals surface area contributed by atoms with Gasteiger partial charge in [0.15, 0.2) is 6.29 Å². The molecular weight excluding hydrogens is 262 g/mol. The van der Waals surface area contributed by atoms with E-state index in [0.717, 1.165) is 11.6 Å². The van der Waals surface area contributed by atoms with Gasteiger partial charge in [-0.25, -0.2) is 8.78 Å². The van der Waals surface area contributed by atoms with E-state index in [4.69, 9.17) is 10.2 Å². The second-order valence-electron chi connectivity index (χ2n) is 4.86. The van der Waals surface area contributed by atoms with Crippen LogP contribution in [0.5, 0.6) is 0 Å². The highest BCUT2D eigenvalue weighted by atomic mass is 19.1. The molecule has 0 heterocycles. The molecule has 0 aliphatic carbocycles. The highest BCUT2D eigenvalue weighted by Crippen LogP contribution is 2.27. The molecule has 2 N–H and O–H groups in total. The van der Waals surface area contributed by atoms with Gasteiger partial charge < -0.3 is 10.2 Å². The summed E-state index contributed by atoms with van der Waals surface area (Å²) in [7, 11) is 0. The summed E-state index contributed by atoms with van der Waals surface area (Å²) >= 11 is 0. The van der Waals surface area contributed by atoms with E-state index >= 15 is 0 Å². The van der Waals surface area contributed by atoms with Gasteiger partial charge in [-0.1, -0.05) is 31.2 Å². The van der Waals surface area contributed by atoms with Gasteiger partial charge in [0.25, 0.3) is 0 Å². The van der Waals surface area contributed by atoms with Gasteiger partial charge in [0.1, 0.15) is 11.6 Å². The van der Waals surface area contributed by atoms with Crippen molar-refractivity contribution in [2.75, 3.05) is 0 Å². The normalized spacial score (nSPS) is 12.7. The SMILES string of the molecule is CC(CC(O)O)c1ccc(-c2ccc(F)cc2F)cc1. The van der Waals surface area contributed by atoms with E-state index in [1.54, 1.807) is 12.1 Å². The van der Waals surface area contributed by atoms with Crippen LogP contribution in [0.15, 0.2) is 42.5 Å². The molecule has 0 aliphatic rings. The van der Waals surface area contributed by atoms with Gasteiger partial charge in [-0.05, 0) is 29.2 Å². The Morgan fingerprint density at radius 1 is 1.00 bits per heavy atom. The highest BCUT2D eigenvalue weighted by molar-refractivity contribution is 5.64. The van der Waals surface area contributed by atoms with Crippen molar-refractivity contribution >= 4 is 0 Å². The van der Waals surface area contributed by atoms with E-state index in [1.807, 2.05) is 19.1 Å². The molecule has 0 radical (unpaired) electrons. The van der Waals surface area contributed by atoms with Gasteiger partial charge in [0.2, 0.25) is 0 Å². The lowest BCUT2D eigenvalue weighted by Gasteiger charge is -2.13. The first-order valence-electron chi connectivity index (χ1n) is 6.39. The molecule has 0 saturated heterocycles. The topological polar surface area (TPSA) is 40.5 Å². The molecule has 1 unspecified atom stereocenters. The number of halogens is 2. The summed E-state index contributed by atoms with van der Waals surface area (Å²) in [4.78, 5) is 0. The molecule has 106 valence electrons. The summed E-state index contributed by atoms with van der Waals surface area (Å²) in [5.41, 5.74) is 1.93. The Hall–Kier alpha value is -1.78. The second-order valence-corrected chi connectivity index (χ2v) is 4.86. The lowest BCUT2D eigenvalue weighted by molar-refractivity contribution is -0.0487. The van der Waals surface area contributed by atoms with E-state index in [0.29, 0.717) is 11.1 Å². The first-order valence-corrected chi connectivity index (χ1v) is 6.39. The lowest BCUT2D eigenvalue weighted by Crippen LogP contribution is -2.08. The molecule has 0 amide bonds. The molecule has 0 saturated carbocycles. The van der Waals surface area contributed by atoms with E-state index in [9.17, 15) is 8.78 Å². The zero-order valence-electron chi connectivity index (χ0n) is 11.1. The summed E-state index contributed by atoms with van der Waals surface area (Å²) in [6.45, 7) is 1.88. The first-order chi connectivity index (χ1) is 9.47. The summed E-state index contributed by atoms with van der Waals surface area (Å²) in [6.07, 6.45) is -1.11. The molecule has 0 aliphatic heterocycles. The van der Waals surface area contributed by atoms with Crippen molar-refractivity contribution in [3.05, 3.63) is 59.7 Å². The Morgan fingerprint density at radius 3 is 2.20 bits per heavy atom. The van der Waals surface area contributed by atoms with Crippen LogP contribution in [0, 0.1) is 11.6 Å². The maximum Gasteiger partial charge on any atom is 0.152 e. The molecule has 2 nitrogen and oxygen atoms in total. The number of aliphatic hydroxyl groups excluding tert-OH is 1. The average Bonchev–Trinajstić information content (AvgIpc) is 2.38. The number of rotatable bonds is 4. The summed E-state index contributed by atoms with van der Waals surface area (Å²) in [5.74, 6) is -1.22. The molecule has 0 fully saturated rings. The minimum atomic E-state index is -1.35. The average molecular weight is 278 g/mol. The van der Waals surface area contributed by atoms with Gasteiger partial charge in [-0.2, -0.15) is 0 Å². The minimum absolute atomic E-state index is 0.0119. The van der Waals surface area contributed by atoms with Crippen LogP contribution in [0.4, 0.5) is 8.78 Å². The smallest absolute Gasteiger partial charge is 0.152 e. The van der Waals surface area contributed by atoms with Gasteiger partial charge in [0.05, 0.1) is 0 Å². The molecule has 0 bridgehead atoms. The zero-order chi connectivity index (χ0) is 14.7. The molecule has 0 spiro atoms. The first kappa shape index (κ1) is 14.6. The number of aliphatic hydroxyl groups is 2. The fourth-order valence-electron chi connectivity index (χ4n) is 2.17. The van der Waals surface area contributed by atoms with Crippen LogP contribution in [0.25, 0.3) is 11.1 Å². The molecule has 4 heteroatoms. The quantitative estimate of drug-likeness (QED) is 0.841. The van der Waals surface area contributed by atoms with Crippen LogP contribution < -0.4 is 0 Å². The van der Waals surface area contributed by atoms with Crippen molar-refractivity contribution < 1.29 is 19.0 Å². The number of hydrogen-bond donors (Lipinski definition) is 2. The van der Waals surface area contributed by atoms with Crippen molar-refractivity contribution in [3.8, 4) is 11.1 Å². The van der Waals surface area contributed by atoms with Crippen molar-refractivity contribution in [1.29, 1.82) is 0 Å². The second kappa shape index (κ2) is 6.11. The maximum atomic E-state index is 13.7. The molecule has 1 atom stereocenters. The Bertz CT molecular complexity index is 580. The van der Waals surface area contributed by atoms with Gasteiger partial charge in [-0.3, -0.25) is 0 Å². The zero-order valence-corrected chi connectivity index (χ0v) is 11.1. The Balaban J connectivity index is 2.23. The molecule has 2 aromatic rings. The molecule has 0 aromatic heterocycles. The van der Waals surface area contributed by atoms with E-state index < -0.39 is 17.9 Å². The van der Waals surface area contributed by atoms with Crippen molar-refractivity contribution in [3.63, 3.8) is 0 Å².